The third-order valence-corrected chi connectivity index (χ3v) is 17.9. The summed E-state index contributed by atoms with van der Waals surface area (Å²) < 4.78 is 4.78. The fourth-order valence-electron chi connectivity index (χ4n) is 14.2. The molecule has 0 saturated carbocycles. The van der Waals surface area contributed by atoms with Crippen molar-refractivity contribution in [2.75, 3.05) is 9.80 Å². The minimum atomic E-state index is 1.09. The van der Waals surface area contributed by atoms with E-state index in [1.807, 2.05) is 0 Å². The number of aryl methyl sites for hydroxylation is 1. The lowest BCUT2D eigenvalue weighted by molar-refractivity contribution is 1.18. The van der Waals surface area contributed by atoms with Gasteiger partial charge < -0.3 is 18.9 Å². The summed E-state index contributed by atoms with van der Waals surface area (Å²) in [5, 5.41) is 14.5. The van der Waals surface area contributed by atoms with Gasteiger partial charge in [-0.2, -0.15) is 0 Å². The van der Waals surface area contributed by atoms with E-state index in [9.17, 15) is 0 Å². The zero-order valence-corrected chi connectivity index (χ0v) is 47.9. The van der Waals surface area contributed by atoms with E-state index >= 15 is 0 Å². The lowest BCUT2D eigenvalue weighted by Crippen LogP contribution is -2.10. The molecule has 0 atom stereocenters. The first-order valence-corrected chi connectivity index (χ1v) is 30.0. The highest BCUT2D eigenvalue weighted by Crippen LogP contribution is 2.51. The molecule has 4 nitrogen and oxygen atoms in total. The van der Waals surface area contributed by atoms with Crippen molar-refractivity contribution in [2.24, 2.45) is 0 Å². The van der Waals surface area contributed by atoms with Crippen LogP contribution in [0.15, 0.2) is 322 Å². The summed E-state index contributed by atoms with van der Waals surface area (Å²) in [6.07, 6.45) is 0. The minimum Gasteiger partial charge on any atom is -0.310 e. The van der Waals surface area contributed by atoms with Crippen LogP contribution in [-0.4, -0.2) is 9.13 Å². The van der Waals surface area contributed by atoms with Crippen LogP contribution in [0, 0.1) is 6.92 Å². The van der Waals surface area contributed by atoms with E-state index in [0.717, 1.165) is 45.5 Å². The van der Waals surface area contributed by atoms with Crippen LogP contribution in [0.25, 0.3) is 120 Å². The van der Waals surface area contributed by atoms with Crippen LogP contribution in [0.1, 0.15) is 5.56 Å². The molecule has 0 amide bonds. The van der Waals surface area contributed by atoms with Crippen LogP contribution in [0.5, 0.6) is 0 Å². The predicted molar refractivity (Wildman–Crippen MR) is 370 cm³/mol. The molecule has 408 valence electrons. The average Bonchev–Trinajstić information content (AvgIpc) is 3.57. The van der Waals surface area contributed by atoms with Gasteiger partial charge in [-0.05, 0) is 171 Å². The van der Waals surface area contributed by atoms with Crippen LogP contribution in [0.3, 0.4) is 0 Å². The fraction of sp³-hybridized carbons (Fsp3) is 0.0120. The van der Waals surface area contributed by atoms with Crippen LogP contribution in [-0.2, 0) is 0 Å². The number of aromatic nitrogens is 2. The molecule has 2 aromatic heterocycles. The van der Waals surface area contributed by atoms with Crippen molar-refractivity contribution in [3.8, 4) is 33.6 Å². The Labute approximate surface area is 504 Å². The van der Waals surface area contributed by atoms with E-state index in [2.05, 4.69) is 347 Å². The van der Waals surface area contributed by atoms with Crippen molar-refractivity contribution in [1.29, 1.82) is 0 Å². The van der Waals surface area contributed by atoms with Crippen molar-refractivity contribution in [3.05, 3.63) is 327 Å². The minimum absolute atomic E-state index is 1.09. The normalized spacial score (nSPS) is 11.7. The Morgan fingerprint density at radius 2 is 0.563 bits per heavy atom. The molecule has 0 fully saturated rings. The number of hydrogen-bond donors (Lipinski definition) is 0. The van der Waals surface area contributed by atoms with Gasteiger partial charge in [-0.3, -0.25) is 0 Å². The lowest BCUT2D eigenvalue weighted by Gasteiger charge is -2.28. The number of hydrogen-bond acceptors (Lipinski definition) is 2. The molecule has 17 aromatic rings. The van der Waals surface area contributed by atoms with Gasteiger partial charge in [0.25, 0.3) is 0 Å². The highest BCUT2D eigenvalue weighted by Gasteiger charge is 2.26. The molecule has 4 heteroatoms. The summed E-state index contributed by atoms with van der Waals surface area (Å²) >= 11 is 0. The van der Waals surface area contributed by atoms with Gasteiger partial charge in [-0.1, -0.05) is 218 Å². The zero-order valence-electron chi connectivity index (χ0n) is 47.9. The Morgan fingerprint density at radius 3 is 1.01 bits per heavy atom. The van der Waals surface area contributed by atoms with E-state index in [-0.39, 0.29) is 0 Å². The molecule has 15 aromatic carbocycles. The number of anilines is 6. The van der Waals surface area contributed by atoms with E-state index < -0.39 is 0 Å². The molecule has 2 heterocycles. The van der Waals surface area contributed by atoms with Crippen LogP contribution in [0.4, 0.5) is 34.1 Å². The highest BCUT2D eigenvalue weighted by atomic mass is 15.2. The van der Waals surface area contributed by atoms with Gasteiger partial charge in [0.1, 0.15) is 0 Å². The highest BCUT2D eigenvalue weighted by molar-refractivity contribution is 6.27. The molecule has 0 unspecified atom stereocenters. The van der Waals surface area contributed by atoms with Crippen molar-refractivity contribution in [3.63, 3.8) is 0 Å². The Kier molecular flexibility index (Phi) is 11.8. The Balaban J connectivity index is 0.847. The summed E-state index contributed by atoms with van der Waals surface area (Å²) in [6, 6.07) is 118. The second kappa shape index (κ2) is 20.4. The first-order valence-electron chi connectivity index (χ1n) is 30.0. The Bertz CT molecular complexity index is 5530. The van der Waals surface area contributed by atoms with Gasteiger partial charge in [0.05, 0.1) is 33.4 Å². The summed E-state index contributed by atoms with van der Waals surface area (Å²) in [4.78, 5) is 4.89. The first kappa shape index (κ1) is 50.1. The van der Waals surface area contributed by atoms with Gasteiger partial charge in [0.2, 0.25) is 0 Å². The third kappa shape index (κ3) is 8.06. The van der Waals surface area contributed by atoms with Gasteiger partial charge >= 0.3 is 0 Å². The number of nitrogens with zero attached hydrogens (tertiary/aromatic N) is 4. The van der Waals surface area contributed by atoms with Crippen LogP contribution >= 0.6 is 0 Å². The molecule has 0 aliphatic rings. The molecule has 0 spiro atoms. The van der Waals surface area contributed by atoms with Crippen LogP contribution < -0.4 is 9.80 Å². The third-order valence-electron chi connectivity index (χ3n) is 17.9. The van der Waals surface area contributed by atoms with E-state index in [1.54, 1.807) is 0 Å². The molecule has 0 aliphatic carbocycles. The second-order valence-electron chi connectivity index (χ2n) is 22.8. The molecule has 0 N–H and O–H groups in total. The SMILES string of the molecule is Cc1ccc2c(-c3ccc(N(c4ccccc4)c4ccc5c(c4)c4ccccc4n5-c4ccccc4)c4ccccc34)c3ccccc3c(-c3ccc(N(c4ccccc4)c4ccc5c(c4)c4ccccc4n5-c4ccccc4)c4ccccc34)c2c1. The molecule has 87 heavy (non-hydrogen) atoms. The molecule has 0 radical (unpaired) electrons. The maximum absolute atomic E-state index is 2.44. The monoisotopic (exact) mass is 1110 g/mol. The number of rotatable bonds is 10. The number of benzene rings is 15. The standard InChI is InChI=1S/C83H56N4/c1-55-42-45-72-75(52-55)83(71-47-51-79(65-35-17-15-33-63(65)71)85(57-26-8-3-9-27-57)61-44-49-81-74(54-61)67-37-21-23-41-77(67)87(81)59-30-12-5-13-31-59)69-39-19-18-38-68(69)82(72)70-46-50-78(64-34-16-14-32-62(64)70)84(56-24-6-2-7-25-56)60-43-48-80-73(53-60)66-36-20-22-40-76(66)86(80)58-28-10-4-11-29-58/h2-54H,1H3. The topological polar surface area (TPSA) is 16.3 Å². The van der Waals surface area contributed by atoms with E-state index in [0.29, 0.717) is 0 Å². The fourth-order valence-corrected chi connectivity index (χ4v) is 14.2. The Morgan fingerprint density at radius 1 is 0.218 bits per heavy atom. The predicted octanol–water partition coefficient (Wildman–Crippen LogP) is 23.1. The van der Waals surface area contributed by atoms with E-state index in [4.69, 9.17) is 0 Å². The molecule has 0 saturated heterocycles. The number of para-hydroxylation sites is 6. The first-order chi connectivity index (χ1) is 43.1. The maximum atomic E-state index is 2.44. The molecule has 0 aliphatic heterocycles. The molecule has 0 bridgehead atoms. The average molecular weight is 1110 g/mol. The summed E-state index contributed by atoms with van der Waals surface area (Å²) in [6.45, 7) is 2.23. The molecular formula is C83H56N4. The van der Waals surface area contributed by atoms with Gasteiger partial charge in [0.15, 0.2) is 0 Å². The largest absolute Gasteiger partial charge is 0.310 e. The van der Waals surface area contributed by atoms with Gasteiger partial charge in [-0.25, -0.2) is 0 Å². The summed E-state index contributed by atoms with van der Waals surface area (Å²) in [5.74, 6) is 0. The number of fused-ring (bicyclic) bond motifs is 10. The van der Waals surface area contributed by atoms with Gasteiger partial charge in [-0.15, -0.1) is 0 Å². The van der Waals surface area contributed by atoms with Crippen molar-refractivity contribution in [2.45, 2.75) is 6.92 Å². The summed E-state index contributed by atoms with van der Waals surface area (Å²) in [5.41, 5.74) is 19.7. The second-order valence-corrected chi connectivity index (χ2v) is 22.8. The Hall–Kier alpha value is -11.5. The quantitative estimate of drug-likeness (QED) is 0.127. The molecular weight excluding hydrogens is 1050 g/mol. The lowest BCUT2D eigenvalue weighted by atomic mass is 9.83. The van der Waals surface area contributed by atoms with Crippen molar-refractivity contribution < 1.29 is 0 Å². The molecule has 17 rings (SSSR count). The van der Waals surface area contributed by atoms with E-state index in [1.165, 1.54) is 115 Å². The van der Waals surface area contributed by atoms with Crippen molar-refractivity contribution in [1.82, 2.24) is 9.13 Å². The maximum Gasteiger partial charge on any atom is 0.0542 e. The smallest absolute Gasteiger partial charge is 0.0542 e. The zero-order chi connectivity index (χ0) is 57.5. The van der Waals surface area contributed by atoms with Gasteiger partial charge in [0, 0.05) is 66.4 Å². The van der Waals surface area contributed by atoms with Crippen molar-refractivity contribution >= 4 is 121 Å². The van der Waals surface area contributed by atoms with Crippen LogP contribution in [0.2, 0.25) is 0 Å². The summed E-state index contributed by atoms with van der Waals surface area (Å²) in [7, 11) is 0.